The summed E-state index contributed by atoms with van der Waals surface area (Å²) in [5, 5.41) is 3.28. The summed E-state index contributed by atoms with van der Waals surface area (Å²) in [6, 6.07) is 18.4. The molecule has 0 saturated carbocycles. The highest BCUT2D eigenvalue weighted by Crippen LogP contribution is 2.28. The lowest BCUT2D eigenvalue weighted by Crippen LogP contribution is -2.12. The van der Waals surface area contributed by atoms with Gasteiger partial charge >= 0.3 is 0 Å². The monoisotopic (exact) mass is 440 g/mol. The van der Waals surface area contributed by atoms with Crippen LogP contribution in [0.5, 0.6) is 0 Å². The molecule has 0 atom stereocenters. The SMILES string of the molecule is Cc1ccc(C(=O)Nc2ccc3oc(-c4cccc(Br)c4)nc3c2)c(Cl)c1. The van der Waals surface area contributed by atoms with Crippen molar-refractivity contribution in [2.24, 2.45) is 0 Å². The number of hydrogen-bond donors (Lipinski definition) is 1. The van der Waals surface area contributed by atoms with E-state index < -0.39 is 0 Å². The average Bonchev–Trinajstić information content (AvgIpc) is 3.05. The second kappa shape index (κ2) is 7.18. The van der Waals surface area contributed by atoms with Crippen LogP contribution >= 0.6 is 27.5 Å². The van der Waals surface area contributed by atoms with Gasteiger partial charge in [0.1, 0.15) is 5.52 Å². The molecular weight excluding hydrogens is 428 g/mol. The summed E-state index contributed by atoms with van der Waals surface area (Å²) in [6.07, 6.45) is 0. The number of anilines is 1. The Hall–Kier alpha value is -2.63. The fourth-order valence-corrected chi connectivity index (χ4v) is 3.47. The van der Waals surface area contributed by atoms with Crippen LogP contribution in [-0.4, -0.2) is 10.9 Å². The molecule has 0 saturated heterocycles. The van der Waals surface area contributed by atoms with Gasteiger partial charge < -0.3 is 9.73 Å². The van der Waals surface area contributed by atoms with Crippen LogP contribution in [0.25, 0.3) is 22.6 Å². The van der Waals surface area contributed by atoms with Gasteiger partial charge in [0.05, 0.1) is 10.6 Å². The predicted octanol–water partition coefficient (Wildman–Crippen LogP) is 6.47. The summed E-state index contributed by atoms with van der Waals surface area (Å²) in [5.41, 5.74) is 4.24. The number of hydrogen-bond acceptors (Lipinski definition) is 3. The molecule has 0 spiro atoms. The fourth-order valence-electron chi connectivity index (χ4n) is 2.75. The zero-order chi connectivity index (χ0) is 19.0. The molecule has 3 aromatic carbocycles. The van der Waals surface area contributed by atoms with Gasteiger partial charge in [0.25, 0.3) is 5.91 Å². The molecule has 0 radical (unpaired) electrons. The molecule has 0 unspecified atom stereocenters. The van der Waals surface area contributed by atoms with Gasteiger partial charge in [-0.05, 0) is 61.0 Å². The maximum atomic E-state index is 12.5. The molecule has 0 aliphatic carbocycles. The van der Waals surface area contributed by atoms with Gasteiger partial charge in [-0.15, -0.1) is 0 Å². The van der Waals surface area contributed by atoms with Crippen LogP contribution < -0.4 is 5.32 Å². The molecule has 0 fully saturated rings. The average molecular weight is 442 g/mol. The summed E-state index contributed by atoms with van der Waals surface area (Å²) >= 11 is 9.62. The van der Waals surface area contributed by atoms with Crippen molar-refractivity contribution in [3.8, 4) is 11.5 Å². The van der Waals surface area contributed by atoms with E-state index in [9.17, 15) is 4.79 Å². The number of aryl methyl sites for hydroxylation is 1. The molecule has 4 aromatic rings. The first-order valence-electron chi connectivity index (χ1n) is 8.23. The number of carbonyl (C=O) groups excluding carboxylic acids is 1. The van der Waals surface area contributed by atoms with Gasteiger partial charge in [-0.1, -0.05) is 39.7 Å². The third-order valence-electron chi connectivity index (χ3n) is 4.09. The van der Waals surface area contributed by atoms with Crippen molar-refractivity contribution in [1.29, 1.82) is 0 Å². The van der Waals surface area contributed by atoms with Gasteiger partial charge in [-0.3, -0.25) is 4.79 Å². The quantitative estimate of drug-likeness (QED) is 0.396. The summed E-state index contributed by atoms with van der Waals surface area (Å²) in [6.45, 7) is 1.93. The molecule has 1 heterocycles. The second-order valence-corrected chi connectivity index (χ2v) is 7.47. The number of halogens is 2. The van der Waals surface area contributed by atoms with Gasteiger partial charge in [-0.25, -0.2) is 4.98 Å². The van der Waals surface area contributed by atoms with E-state index in [0.717, 1.165) is 15.6 Å². The first kappa shape index (κ1) is 17.8. The van der Waals surface area contributed by atoms with Crippen LogP contribution in [-0.2, 0) is 0 Å². The van der Waals surface area contributed by atoms with Gasteiger partial charge in [0.15, 0.2) is 5.58 Å². The predicted molar refractivity (Wildman–Crippen MR) is 111 cm³/mol. The van der Waals surface area contributed by atoms with Crippen LogP contribution in [0.4, 0.5) is 5.69 Å². The van der Waals surface area contributed by atoms with E-state index in [1.54, 1.807) is 30.3 Å². The Morgan fingerprint density at radius 2 is 1.96 bits per heavy atom. The van der Waals surface area contributed by atoms with Gasteiger partial charge in [0.2, 0.25) is 5.89 Å². The number of fused-ring (bicyclic) bond motifs is 1. The molecule has 0 aliphatic heterocycles. The maximum absolute atomic E-state index is 12.5. The zero-order valence-corrected chi connectivity index (χ0v) is 16.6. The van der Waals surface area contributed by atoms with Crippen molar-refractivity contribution >= 4 is 50.2 Å². The van der Waals surface area contributed by atoms with Crippen molar-refractivity contribution in [3.63, 3.8) is 0 Å². The van der Waals surface area contributed by atoms with Crippen LogP contribution in [0.15, 0.2) is 69.6 Å². The minimum atomic E-state index is -0.268. The number of carbonyl (C=O) groups is 1. The van der Waals surface area contributed by atoms with Crippen LogP contribution in [0.1, 0.15) is 15.9 Å². The molecule has 134 valence electrons. The number of rotatable bonds is 3. The minimum Gasteiger partial charge on any atom is -0.436 e. The van der Waals surface area contributed by atoms with E-state index in [4.69, 9.17) is 16.0 Å². The first-order valence-corrected chi connectivity index (χ1v) is 9.41. The van der Waals surface area contributed by atoms with E-state index in [0.29, 0.717) is 33.3 Å². The van der Waals surface area contributed by atoms with Crippen LogP contribution in [0, 0.1) is 6.92 Å². The maximum Gasteiger partial charge on any atom is 0.257 e. The van der Waals surface area contributed by atoms with E-state index in [-0.39, 0.29) is 5.91 Å². The number of nitrogens with zero attached hydrogens (tertiary/aromatic N) is 1. The molecule has 1 aromatic heterocycles. The molecule has 4 rings (SSSR count). The Morgan fingerprint density at radius 3 is 2.74 bits per heavy atom. The lowest BCUT2D eigenvalue weighted by molar-refractivity contribution is 0.102. The van der Waals surface area contributed by atoms with Crippen molar-refractivity contribution in [2.75, 3.05) is 5.32 Å². The molecule has 1 amide bonds. The Bertz CT molecular complexity index is 1170. The smallest absolute Gasteiger partial charge is 0.257 e. The lowest BCUT2D eigenvalue weighted by Gasteiger charge is -2.07. The third-order valence-corrected chi connectivity index (χ3v) is 4.89. The van der Waals surface area contributed by atoms with Gasteiger partial charge in [0, 0.05) is 15.7 Å². The van der Waals surface area contributed by atoms with Crippen LogP contribution in [0.2, 0.25) is 5.02 Å². The molecule has 6 heteroatoms. The number of amides is 1. The first-order chi connectivity index (χ1) is 13.0. The van der Waals surface area contributed by atoms with Gasteiger partial charge in [-0.2, -0.15) is 0 Å². The highest BCUT2D eigenvalue weighted by Gasteiger charge is 2.13. The van der Waals surface area contributed by atoms with E-state index in [1.807, 2.05) is 37.3 Å². The van der Waals surface area contributed by atoms with Crippen molar-refractivity contribution in [3.05, 3.63) is 81.3 Å². The summed E-state index contributed by atoms with van der Waals surface area (Å²) in [4.78, 5) is 17.0. The summed E-state index contributed by atoms with van der Waals surface area (Å²) in [7, 11) is 0. The molecule has 27 heavy (non-hydrogen) atoms. The lowest BCUT2D eigenvalue weighted by atomic mass is 10.1. The highest BCUT2D eigenvalue weighted by atomic mass is 79.9. The topological polar surface area (TPSA) is 55.1 Å². The number of benzene rings is 3. The molecule has 0 bridgehead atoms. The Balaban J connectivity index is 1.62. The third kappa shape index (κ3) is 3.75. The minimum absolute atomic E-state index is 0.268. The van der Waals surface area contributed by atoms with E-state index >= 15 is 0 Å². The standard InChI is InChI=1S/C21H14BrClN2O2/c1-12-5-7-16(17(23)9-12)20(26)24-15-6-8-19-18(11-15)25-21(27-19)13-3-2-4-14(22)10-13/h2-11H,1H3,(H,24,26). The van der Waals surface area contributed by atoms with E-state index in [2.05, 4.69) is 26.2 Å². The molecule has 1 N–H and O–H groups in total. The van der Waals surface area contributed by atoms with Crippen molar-refractivity contribution < 1.29 is 9.21 Å². The Labute approximate surface area is 169 Å². The number of oxazole rings is 1. The summed E-state index contributed by atoms with van der Waals surface area (Å²) in [5.74, 6) is 0.256. The number of aromatic nitrogens is 1. The van der Waals surface area contributed by atoms with Crippen molar-refractivity contribution in [1.82, 2.24) is 4.98 Å². The highest BCUT2D eigenvalue weighted by molar-refractivity contribution is 9.10. The Kier molecular flexibility index (Phi) is 4.72. The van der Waals surface area contributed by atoms with Crippen LogP contribution in [0.3, 0.4) is 0 Å². The Morgan fingerprint density at radius 1 is 1.11 bits per heavy atom. The molecular formula is C21H14BrClN2O2. The zero-order valence-electron chi connectivity index (χ0n) is 14.3. The molecule has 0 aliphatic rings. The summed E-state index contributed by atoms with van der Waals surface area (Å²) < 4.78 is 6.77. The largest absolute Gasteiger partial charge is 0.436 e. The second-order valence-electron chi connectivity index (χ2n) is 6.15. The van der Waals surface area contributed by atoms with Crippen molar-refractivity contribution in [2.45, 2.75) is 6.92 Å². The molecule has 4 nitrogen and oxygen atoms in total. The fraction of sp³-hybridized carbons (Fsp3) is 0.0476. The van der Waals surface area contributed by atoms with E-state index in [1.165, 1.54) is 0 Å². The normalized spacial score (nSPS) is 10.9. The number of nitrogens with one attached hydrogen (secondary N) is 1.